The standard InChI is InChI=1S/C16H19N3O2S/c1-11-10-15(18-12(2)17-11)21-13-5-7-19(8-6-13)16(20)14-4-3-9-22-14/h3-4,9-10,13H,5-8H2,1-2H3. The summed E-state index contributed by atoms with van der Waals surface area (Å²) in [6, 6.07) is 5.64. The number of hydrogen-bond donors (Lipinski definition) is 0. The molecule has 0 aromatic carbocycles. The SMILES string of the molecule is Cc1cc(OC2CCN(C(=O)c3cccs3)CC2)nc(C)n1. The molecule has 22 heavy (non-hydrogen) atoms. The zero-order chi connectivity index (χ0) is 15.5. The fraction of sp³-hybridized carbons (Fsp3) is 0.438. The zero-order valence-electron chi connectivity index (χ0n) is 12.8. The molecule has 0 aliphatic carbocycles. The summed E-state index contributed by atoms with van der Waals surface area (Å²) in [5.41, 5.74) is 0.910. The molecule has 2 aromatic heterocycles. The predicted molar refractivity (Wildman–Crippen MR) is 85.4 cm³/mol. The summed E-state index contributed by atoms with van der Waals surface area (Å²) in [7, 11) is 0. The maximum Gasteiger partial charge on any atom is 0.263 e. The van der Waals surface area contributed by atoms with Crippen LogP contribution in [-0.4, -0.2) is 40.0 Å². The van der Waals surface area contributed by atoms with Crippen LogP contribution in [0, 0.1) is 13.8 Å². The van der Waals surface area contributed by atoms with E-state index in [0.29, 0.717) is 5.88 Å². The number of hydrogen-bond acceptors (Lipinski definition) is 5. The van der Waals surface area contributed by atoms with Crippen LogP contribution in [0.5, 0.6) is 5.88 Å². The van der Waals surface area contributed by atoms with Gasteiger partial charge in [-0.15, -0.1) is 11.3 Å². The summed E-state index contributed by atoms with van der Waals surface area (Å²) in [5, 5.41) is 1.93. The molecule has 0 unspecified atom stereocenters. The maximum absolute atomic E-state index is 12.3. The average molecular weight is 317 g/mol. The van der Waals surface area contributed by atoms with Crippen molar-refractivity contribution in [1.82, 2.24) is 14.9 Å². The van der Waals surface area contributed by atoms with Crippen molar-refractivity contribution in [2.45, 2.75) is 32.8 Å². The molecule has 116 valence electrons. The smallest absolute Gasteiger partial charge is 0.263 e. The zero-order valence-corrected chi connectivity index (χ0v) is 13.6. The molecule has 0 bridgehead atoms. The van der Waals surface area contributed by atoms with Crippen LogP contribution < -0.4 is 4.74 Å². The lowest BCUT2D eigenvalue weighted by atomic mass is 10.1. The van der Waals surface area contributed by atoms with E-state index in [1.807, 2.05) is 42.3 Å². The van der Waals surface area contributed by atoms with E-state index in [1.54, 1.807) is 0 Å². The van der Waals surface area contributed by atoms with Crippen molar-refractivity contribution in [3.05, 3.63) is 40.0 Å². The number of likely N-dealkylation sites (tertiary alicyclic amines) is 1. The Morgan fingerprint density at radius 2 is 2.09 bits per heavy atom. The van der Waals surface area contributed by atoms with Crippen LogP contribution in [0.25, 0.3) is 0 Å². The molecule has 3 rings (SSSR count). The third-order valence-electron chi connectivity index (χ3n) is 3.69. The van der Waals surface area contributed by atoms with E-state index in [0.717, 1.165) is 42.3 Å². The molecule has 1 saturated heterocycles. The van der Waals surface area contributed by atoms with Crippen molar-refractivity contribution in [2.75, 3.05) is 13.1 Å². The minimum atomic E-state index is 0.112. The number of piperidine rings is 1. The van der Waals surface area contributed by atoms with Crippen molar-refractivity contribution in [3.63, 3.8) is 0 Å². The Morgan fingerprint density at radius 1 is 1.32 bits per heavy atom. The van der Waals surface area contributed by atoms with Crippen LogP contribution in [0.2, 0.25) is 0 Å². The number of ether oxygens (including phenoxy) is 1. The second kappa shape index (κ2) is 6.44. The summed E-state index contributed by atoms with van der Waals surface area (Å²) >= 11 is 1.49. The Kier molecular flexibility index (Phi) is 4.38. The first kappa shape index (κ1) is 15.0. The molecule has 3 heterocycles. The normalized spacial score (nSPS) is 15.8. The molecule has 1 fully saturated rings. The Hall–Kier alpha value is -1.95. The van der Waals surface area contributed by atoms with Crippen LogP contribution in [0.1, 0.15) is 34.0 Å². The molecule has 0 saturated carbocycles. The predicted octanol–water partition coefficient (Wildman–Crippen LogP) is 2.84. The van der Waals surface area contributed by atoms with Crippen LogP contribution in [0.15, 0.2) is 23.6 Å². The molecule has 5 nitrogen and oxygen atoms in total. The molecule has 0 radical (unpaired) electrons. The number of thiophene rings is 1. The van der Waals surface area contributed by atoms with Crippen molar-refractivity contribution in [3.8, 4) is 5.88 Å². The summed E-state index contributed by atoms with van der Waals surface area (Å²) in [6.07, 6.45) is 1.78. The van der Waals surface area contributed by atoms with Crippen LogP contribution in [-0.2, 0) is 0 Å². The van der Waals surface area contributed by atoms with Crippen molar-refractivity contribution in [1.29, 1.82) is 0 Å². The first-order chi connectivity index (χ1) is 10.6. The third-order valence-corrected chi connectivity index (χ3v) is 4.55. The first-order valence-corrected chi connectivity index (χ1v) is 8.31. The van der Waals surface area contributed by atoms with Crippen LogP contribution >= 0.6 is 11.3 Å². The Bertz CT molecular complexity index is 629. The van der Waals surface area contributed by atoms with Gasteiger partial charge in [0.2, 0.25) is 5.88 Å². The number of carbonyl (C=O) groups is 1. The summed E-state index contributed by atoms with van der Waals surface area (Å²) in [4.78, 5) is 23.6. The van der Waals surface area contributed by atoms with Crippen molar-refractivity contribution >= 4 is 17.2 Å². The third kappa shape index (κ3) is 3.44. The van der Waals surface area contributed by atoms with E-state index in [1.165, 1.54) is 11.3 Å². The van der Waals surface area contributed by atoms with Gasteiger partial charge in [0.25, 0.3) is 5.91 Å². The molecular weight excluding hydrogens is 298 g/mol. The lowest BCUT2D eigenvalue weighted by Gasteiger charge is -2.31. The lowest BCUT2D eigenvalue weighted by molar-refractivity contribution is 0.0592. The highest BCUT2D eigenvalue weighted by atomic mass is 32.1. The van der Waals surface area contributed by atoms with Gasteiger partial charge >= 0.3 is 0 Å². The van der Waals surface area contributed by atoms with E-state index >= 15 is 0 Å². The minimum Gasteiger partial charge on any atom is -0.474 e. The number of nitrogens with zero attached hydrogens (tertiary/aromatic N) is 3. The number of amides is 1. The number of aromatic nitrogens is 2. The molecule has 6 heteroatoms. The van der Waals surface area contributed by atoms with Crippen LogP contribution in [0.3, 0.4) is 0 Å². The number of aryl methyl sites for hydroxylation is 2. The molecule has 1 aliphatic rings. The Morgan fingerprint density at radius 3 is 2.73 bits per heavy atom. The van der Waals surface area contributed by atoms with Gasteiger partial charge in [0.05, 0.1) is 4.88 Å². The second-order valence-electron chi connectivity index (χ2n) is 5.48. The quantitative estimate of drug-likeness (QED) is 0.873. The average Bonchev–Trinajstić information content (AvgIpc) is 3.00. The van der Waals surface area contributed by atoms with Gasteiger partial charge in [-0.3, -0.25) is 4.79 Å². The van der Waals surface area contributed by atoms with Gasteiger partial charge < -0.3 is 9.64 Å². The lowest BCUT2D eigenvalue weighted by Crippen LogP contribution is -2.41. The fourth-order valence-corrected chi connectivity index (χ4v) is 3.34. The number of rotatable bonds is 3. The van der Waals surface area contributed by atoms with Gasteiger partial charge in [-0.25, -0.2) is 4.98 Å². The molecule has 0 N–H and O–H groups in total. The fourth-order valence-electron chi connectivity index (χ4n) is 2.65. The molecule has 1 aliphatic heterocycles. The van der Waals surface area contributed by atoms with Crippen molar-refractivity contribution < 1.29 is 9.53 Å². The summed E-state index contributed by atoms with van der Waals surface area (Å²) < 4.78 is 5.95. The molecule has 0 spiro atoms. The second-order valence-corrected chi connectivity index (χ2v) is 6.43. The van der Waals surface area contributed by atoms with E-state index in [4.69, 9.17) is 4.74 Å². The van der Waals surface area contributed by atoms with Gasteiger partial charge in [0, 0.05) is 37.7 Å². The van der Waals surface area contributed by atoms with E-state index < -0.39 is 0 Å². The molecule has 0 atom stereocenters. The Balaban J connectivity index is 1.56. The van der Waals surface area contributed by atoms with Gasteiger partial charge in [0.1, 0.15) is 11.9 Å². The first-order valence-electron chi connectivity index (χ1n) is 7.43. The van der Waals surface area contributed by atoms with Gasteiger partial charge in [0.15, 0.2) is 0 Å². The highest BCUT2D eigenvalue weighted by Gasteiger charge is 2.25. The molecule has 2 aromatic rings. The van der Waals surface area contributed by atoms with E-state index in [2.05, 4.69) is 9.97 Å². The topological polar surface area (TPSA) is 55.3 Å². The molecular formula is C16H19N3O2S. The highest BCUT2D eigenvalue weighted by molar-refractivity contribution is 7.12. The maximum atomic E-state index is 12.3. The van der Waals surface area contributed by atoms with Gasteiger partial charge in [-0.05, 0) is 25.3 Å². The minimum absolute atomic E-state index is 0.112. The van der Waals surface area contributed by atoms with Gasteiger partial charge in [-0.2, -0.15) is 4.98 Å². The van der Waals surface area contributed by atoms with E-state index in [9.17, 15) is 4.79 Å². The molecule has 1 amide bonds. The van der Waals surface area contributed by atoms with E-state index in [-0.39, 0.29) is 12.0 Å². The van der Waals surface area contributed by atoms with Crippen LogP contribution in [0.4, 0.5) is 0 Å². The largest absolute Gasteiger partial charge is 0.474 e. The number of carbonyl (C=O) groups excluding carboxylic acids is 1. The summed E-state index contributed by atoms with van der Waals surface area (Å²) in [6.45, 7) is 5.25. The monoisotopic (exact) mass is 317 g/mol. The Labute approximate surface area is 134 Å². The van der Waals surface area contributed by atoms with Gasteiger partial charge in [-0.1, -0.05) is 6.07 Å². The van der Waals surface area contributed by atoms with Crippen molar-refractivity contribution in [2.24, 2.45) is 0 Å². The highest BCUT2D eigenvalue weighted by Crippen LogP contribution is 2.20. The summed E-state index contributed by atoms with van der Waals surface area (Å²) in [5.74, 6) is 1.48.